The van der Waals surface area contributed by atoms with E-state index in [0.717, 1.165) is 15.9 Å². The van der Waals surface area contributed by atoms with Crippen LogP contribution in [0.5, 0.6) is 0 Å². The number of fused-ring (bicyclic) bond motifs is 1. The molecule has 0 fully saturated rings. The molecule has 2 aromatic heterocycles. The van der Waals surface area contributed by atoms with Gasteiger partial charge in [-0.05, 0) is 25.1 Å². The molecule has 0 aliphatic rings. The summed E-state index contributed by atoms with van der Waals surface area (Å²) in [6.45, 7) is 1.84. The lowest BCUT2D eigenvalue weighted by atomic mass is 10.2. The SMILES string of the molecule is Cc1nc(SCC(=O)Nc2ccc(Cl)cn2)c2ccccc2n1. The second kappa shape index (κ2) is 6.93. The zero-order chi connectivity index (χ0) is 16.2. The molecule has 5 nitrogen and oxygen atoms in total. The average Bonchev–Trinajstić information content (AvgIpc) is 2.54. The highest BCUT2D eigenvalue weighted by Crippen LogP contribution is 2.25. The molecular weight excluding hydrogens is 332 g/mol. The lowest BCUT2D eigenvalue weighted by Gasteiger charge is -2.07. The molecule has 1 N–H and O–H groups in total. The number of benzene rings is 1. The monoisotopic (exact) mass is 344 g/mol. The summed E-state index contributed by atoms with van der Waals surface area (Å²) in [4.78, 5) is 24.9. The Kier molecular flexibility index (Phi) is 4.73. The van der Waals surface area contributed by atoms with Crippen molar-refractivity contribution in [3.05, 3.63) is 53.4 Å². The molecule has 116 valence electrons. The topological polar surface area (TPSA) is 67.8 Å². The van der Waals surface area contributed by atoms with Crippen LogP contribution in [0.3, 0.4) is 0 Å². The predicted molar refractivity (Wildman–Crippen MR) is 92.9 cm³/mol. The molecule has 0 unspecified atom stereocenters. The van der Waals surface area contributed by atoms with Gasteiger partial charge in [-0.1, -0.05) is 41.6 Å². The lowest BCUT2D eigenvalue weighted by Crippen LogP contribution is -2.15. The van der Waals surface area contributed by atoms with E-state index in [-0.39, 0.29) is 11.7 Å². The first-order valence-corrected chi connectivity index (χ1v) is 8.26. The van der Waals surface area contributed by atoms with Crippen LogP contribution in [0.4, 0.5) is 5.82 Å². The number of hydrogen-bond acceptors (Lipinski definition) is 5. The Balaban J connectivity index is 1.70. The minimum atomic E-state index is -0.148. The molecule has 0 bridgehead atoms. The van der Waals surface area contributed by atoms with Crippen LogP contribution in [0.2, 0.25) is 5.02 Å². The fraction of sp³-hybridized carbons (Fsp3) is 0.125. The smallest absolute Gasteiger partial charge is 0.235 e. The maximum absolute atomic E-state index is 12.0. The zero-order valence-electron chi connectivity index (χ0n) is 12.3. The van der Waals surface area contributed by atoms with Gasteiger partial charge in [0.2, 0.25) is 5.91 Å². The Morgan fingerprint density at radius 3 is 2.83 bits per heavy atom. The van der Waals surface area contributed by atoms with Crippen molar-refractivity contribution in [2.24, 2.45) is 0 Å². The van der Waals surface area contributed by atoms with Crippen molar-refractivity contribution >= 4 is 46.0 Å². The number of carbonyl (C=O) groups excluding carboxylic acids is 1. The van der Waals surface area contributed by atoms with Crippen molar-refractivity contribution < 1.29 is 4.79 Å². The molecule has 1 aromatic carbocycles. The van der Waals surface area contributed by atoms with Gasteiger partial charge in [0, 0.05) is 11.6 Å². The number of thioether (sulfide) groups is 1. The van der Waals surface area contributed by atoms with Crippen LogP contribution in [0.25, 0.3) is 10.9 Å². The van der Waals surface area contributed by atoms with Crippen LogP contribution in [-0.2, 0) is 4.79 Å². The molecule has 2 heterocycles. The standard InChI is InChI=1S/C16H13ClN4OS/c1-10-19-13-5-3-2-4-12(13)16(20-10)23-9-15(22)21-14-7-6-11(17)8-18-14/h2-8H,9H2,1H3,(H,18,21,22). The first kappa shape index (κ1) is 15.7. The maximum atomic E-state index is 12.0. The minimum Gasteiger partial charge on any atom is -0.310 e. The zero-order valence-corrected chi connectivity index (χ0v) is 13.9. The van der Waals surface area contributed by atoms with Gasteiger partial charge in [0.05, 0.1) is 16.3 Å². The van der Waals surface area contributed by atoms with Crippen molar-refractivity contribution in [1.29, 1.82) is 0 Å². The summed E-state index contributed by atoms with van der Waals surface area (Å²) < 4.78 is 0. The number of amides is 1. The second-order valence-electron chi connectivity index (χ2n) is 4.79. The molecule has 0 aliphatic heterocycles. The van der Waals surface area contributed by atoms with Gasteiger partial charge in [0.1, 0.15) is 16.7 Å². The third-order valence-corrected chi connectivity index (χ3v) is 4.23. The molecule has 0 spiro atoms. The summed E-state index contributed by atoms with van der Waals surface area (Å²) in [7, 11) is 0. The Morgan fingerprint density at radius 1 is 1.22 bits per heavy atom. The minimum absolute atomic E-state index is 0.148. The van der Waals surface area contributed by atoms with E-state index < -0.39 is 0 Å². The van der Waals surface area contributed by atoms with E-state index >= 15 is 0 Å². The van der Waals surface area contributed by atoms with Gasteiger partial charge in [0.25, 0.3) is 0 Å². The number of pyridine rings is 1. The fourth-order valence-corrected chi connectivity index (χ4v) is 3.01. The van der Waals surface area contributed by atoms with Gasteiger partial charge in [-0.15, -0.1) is 0 Å². The van der Waals surface area contributed by atoms with Crippen LogP contribution >= 0.6 is 23.4 Å². The molecule has 23 heavy (non-hydrogen) atoms. The highest BCUT2D eigenvalue weighted by molar-refractivity contribution is 8.00. The summed E-state index contributed by atoms with van der Waals surface area (Å²) in [5, 5.41) is 5.00. The number of para-hydroxylation sites is 1. The Hall–Kier alpha value is -2.18. The number of hydrogen-bond donors (Lipinski definition) is 1. The van der Waals surface area contributed by atoms with E-state index in [9.17, 15) is 4.79 Å². The Labute approximate surface area is 142 Å². The van der Waals surface area contributed by atoms with E-state index in [1.54, 1.807) is 12.1 Å². The van der Waals surface area contributed by atoms with Gasteiger partial charge in [-0.25, -0.2) is 15.0 Å². The van der Waals surface area contributed by atoms with E-state index in [1.807, 2.05) is 31.2 Å². The van der Waals surface area contributed by atoms with Crippen molar-refractivity contribution in [3.63, 3.8) is 0 Å². The molecular formula is C16H13ClN4OS. The van der Waals surface area contributed by atoms with Crippen molar-refractivity contribution in [3.8, 4) is 0 Å². The average molecular weight is 345 g/mol. The maximum Gasteiger partial charge on any atom is 0.235 e. The highest BCUT2D eigenvalue weighted by atomic mass is 35.5. The van der Waals surface area contributed by atoms with Crippen LogP contribution in [0, 0.1) is 6.92 Å². The number of anilines is 1. The normalized spacial score (nSPS) is 10.7. The fourth-order valence-electron chi connectivity index (χ4n) is 2.03. The number of nitrogens with zero attached hydrogens (tertiary/aromatic N) is 3. The molecule has 0 atom stereocenters. The third kappa shape index (κ3) is 3.97. The molecule has 0 saturated carbocycles. The first-order chi connectivity index (χ1) is 11.1. The van der Waals surface area contributed by atoms with E-state index in [4.69, 9.17) is 11.6 Å². The molecule has 1 amide bonds. The van der Waals surface area contributed by atoms with Gasteiger partial charge < -0.3 is 5.32 Å². The van der Waals surface area contributed by atoms with Gasteiger partial charge >= 0.3 is 0 Å². The summed E-state index contributed by atoms with van der Waals surface area (Å²) in [5.41, 5.74) is 0.877. The van der Waals surface area contributed by atoms with Crippen molar-refractivity contribution in [2.45, 2.75) is 11.9 Å². The summed E-state index contributed by atoms with van der Waals surface area (Å²) in [6.07, 6.45) is 1.49. The molecule has 7 heteroatoms. The van der Waals surface area contributed by atoms with E-state index in [0.29, 0.717) is 16.7 Å². The Bertz CT molecular complexity index is 854. The molecule has 3 rings (SSSR count). The van der Waals surface area contributed by atoms with Crippen molar-refractivity contribution in [1.82, 2.24) is 15.0 Å². The van der Waals surface area contributed by atoms with Gasteiger partial charge in [-0.2, -0.15) is 0 Å². The largest absolute Gasteiger partial charge is 0.310 e. The van der Waals surface area contributed by atoms with Gasteiger partial charge in [-0.3, -0.25) is 4.79 Å². The Morgan fingerprint density at radius 2 is 2.04 bits per heavy atom. The number of nitrogens with one attached hydrogen (secondary N) is 1. The predicted octanol–water partition coefficient (Wildman–Crippen LogP) is 3.72. The number of halogens is 1. The highest BCUT2D eigenvalue weighted by Gasteiger charge is 2.09. The molecule has 0 aliphatic carbocycles. The van der Waals surface area contributed by atoms with Crippen LogP contribution in [0.15, 0.2) is 47.6 Å². The van der Waals surface area contributed by atoms with Crippen LogP contribution < -0.4 is 5.32 Å². The number of aromatic nitrogens is 3. The van der Waals surface area contributed by atoms with Gasteiger partial charge in [0.15, 0.2) is 0 Å². The van der Waals surface area contributed by atoms with Crippen LogP contribution in [0.1, 0.15) is 5.82 Å². The van der Waals surface area contributed by atoms with Crippen molar-refractivity contribution in [2.75, 3.05) is 11.1 Å². The number of carbonyl (C=O) groups is 1. The van der Waals surface area contributed by atoms with E-state index in [1.165, 1.54) is 18.0 Å². The third-order valence-electron chi connectivity index (χ3n) is 3.01. The summed E-state index contributed by atoms with van der Waals surface area (Å²) in [6, 6.07) is 11.1. The number of rotatable bonds is 4. The van der Waals surface area contributed by atoms with Crippen LogP contribution in [-0.4, -0.2) is 26.6 Å². The number of aryl methyl sites for hydroxylation is 1. The lowest BCUT2D eigenvalue weighted by molar-refractivity contribution is -0.113. The summed E-state index contributed by atoms with van der Waals surface area (Å²) in [5.74, 6) is 1.25. The second-order valence-corrected chi connectivity index (χ2v) is 6.19. The van der Waals surface area contributed by atoms with E-state index in [2.05, 4.69) is 20.3 Å². The summed E-state index contributed by atoms with van der Waals surface area (Å²) >= 11 is 7.14. The first-order valence-electron chi connectivity index (χ1n) is 6.89. The molecule has 0 saturated heterocycles. The molecule has 3 aromatic rings. The molecule has 0 radical (unpaired) electrons. The quantitative estimate of drug-likeness (QED) is 0.577.